The number of rotatable bonds is 9. The van der Waals surface area contributed by atoms with Gasteiger partial charge in [-0.25, -0.2) is 0 Å². The van der Waals surface area contributed by atoms with Crippen LogP contribution >= 0.6 is 0 Å². The minimum absolute atomic E-state index is 0.0405. The van der Waals surface area contributed by atoms with Gasteiger partial charge >= 0.3 is 0 Å². The molecule has 174 valence electrons. The van der Waals surface area contributed by atoms with E-state index in [2.05, 4.69) is 10.6 Å². The molecule has 2 N–H and O–H groups in total. The van der Waals surface area contributed by atoms with Crippen molar-refractivity contribution in [3.8, 4) is 0 Å². The van der Waals surface area contributed by atoms with Crippen molar-refractivity contribution in [1.29, 1.82) is 0 Å². The topological polar surface area (TPSA) is 101 Å². The van der Waals surface area contributed by atoms with E-state index in [9.17, 15) is 19.7 Å². The quantitative estimate of drug-likeness (QED) is 0.159. The van der Waals surface area contributed by atoms with Crippen molar-refractivity contribution in [3.63, 3.8) is 0 Å². The molecule has 0 saturated carbocycles. The molecule has 0 spiro atoms. The van der Waals surface area contributed by atoms with Crippen LogP contribution in [0.25, 0.3) is 6.08 Å². The first-order valence-corrected chi connectivity index (χ1v) is 11.0. The zero-order valence-electron chi connectivity index (χ0n) is 19.2. The average Bonchev–Trinajstić information content (AvgIpc) is 2.85. The van der Waals surface area contributed by atoms with Gasteiger partial charge in [-0.1, -0.05) is 86.6 Å². The maximum absolute atomic E-state index is 13.0. The van der Waals surface area contributed by atoms with Crippen LogP contribution in [0.1, 0.15) is 42.0 Å². The molecule has 7 nitrogen and oxygen atoms in total. The molecule has 0 aliphatic carbocycles. The van der Waals surface area contributed by atoms with E-state index in [0.717, 1.165) is 11.1 Å². The Labute approximate surface area is 198 Å². The summed E-state index contributed by atoms with van der Waals surface area (Å²) in [7, 11) is 0. The summed E-state index contributed by atoms with van der Waals surface area (Å²) < 4.78 is 0. The van der Waals surface area contributed by atoms with E-state index in [1.54, 1.807) is 12.1 Å². The monoisotopic (exact) mass is 457 g/mol. The van der Waals surface area contributed by atoms with Gasteiger partial charge in [-0.2, -0.15) is 0 Å². The third kappa shape index (κ3) is 6.62. The van der Waals surface area contributed by atoms with Gasteiger partial charge in [0, 0.05) is 24.7 Å². The van der Waals surface area contributed by atoms with Crippen LogP contribution in [-0.2, 0) is 22.7 Å². The van der Waals surface area contributed by atoms with Gasteiger partial charge in [0.1, 0.15) is 5.57 Å². The number of carbonyl (C=O) groups excluding carboxylic acids is 2. The highest BCUT2D eigenvalue weighted by Gasteiger charge is 2.21. The second kappa shape index (κ2) is 11.6. The Morgan fingerprint density at radius 3 is 1.79 bits per heavy atom. The van der Waals surface area contributed by atoms with Crippen molar-refractivity contribution in [2.75, 3.05) is 0 Å². The van der Waals surface area contributed by atoms with Gasteiger partial charge in [0.2, 0.25) is 0 Å². The highest BCUT2D eigenvalue weighted by molar-refractivity contribution is 6.21. The van der Waals surface area contributed by atoms with Crippen molar-refractivity contribution in [2.24, 2.45) is 0 Å². The van der Waals surface area contributed by atoms with E-state index in [1.165, 1.54) is 12.1 Å². The first kappa shape index (κ1) is 24.4. The molecular weight excluding hydrogens is 430 g/mol. The maximum atomic E-state index is 13.0. The fourth-order valence-corrected chi connectivity index (χ4v) is 3.44. The van der Waals surface area contributed by atoms with Gasteiger partial charge in [-0.05, 0) is 28.7 Å². The summed E-state index contributed by atoms with van der Waals surface area (Å²) >= 11 is 0. The van der Waals surface area contributed by atoms with E-state index in [0.29, 0.717) is 11.1 Å². The van der Waals surface area contributed by atoms with Gasteiger partial charge in [0.25, 0.3) is 17.5 Å². The van der Waals surface area contributed by atoms with Gasteiger partial charge in [0.05, 0.1) is 4.92 Å². The number of nitro groups is 1. The van der Waals surface area contributed by atoms with Crippen LogP contribution in [0.5, 0.6) is 0 Å². The molecule has 0 fully saturated rings. The molecule has 0 heterocycles. The molecule has 0 saturated heterocycles. The molecule has 0 bridgehead atoms. The summed E-state index contributed by atoms with van der Waals surface area (Å²) in [6.45, 7) is 4.24. The lowest BCUT2D eigenvalue weighted by Gasteiger charge is -2.11. The van der Waals surface area contributed by atoms with Crippen LogP contribution in [0.3, 0.4) is 0 Å². The lowest BCUT2D eigenvalue weighted by atomic mass is 9.98. The molecule has 0 unspecified atom stereocenters. The standard InChI is InChI=1S/C27H27N3O4/c1-19(2)23-14-13-22(16-25(23)30(33)34)15-24(26(31)28-17-20-9-5-3-6-10-20)27(32)29-18-21-11-7-4-8-12-21/h3-16,19H,17-18H2,1-2H3,(H,28,31)(H,29,32). The predicted molar refractivity (Wildman–Crippen MR) is 132 cm³/mol. The molecule has 3 aromatic rings. The fraction of sp³-hybridized carbons (Fsp3) is 0.185. The molecule has 0 radical (unpaired) electrons. The van der Waals surface area contributed by atoms with Crippen molar-refractivity contribution in [1.82, 2.24) is 10.6 Å². The minimum Gasteiger partial charge on any atom is -0.348 e. The van der Waals surface area contributed by atoms with Gasteiger partial charge in [-0.15, -0.1) is 0 Å². The van der Waals surface area contributed by atoms with E-state index in [1.807, 2.05) is 74.5 Å². The molecular formula is C27H27N3O4. The van der Waals surface area contributed by atoms with Crippen molar-refractivity contribution in [3.05, 3.63) is 117 Å². The average molecular weight is 458 g/mol. The summed E-state index contributed by atoms with van der Waals surface area (Å²) in [5, 5.41) is 17.1. The lowest BCUT2D eigenvalue weighted by molar-refractivity contribution is -0.385. The second-order valence-corrected chi connectivity index (χ2v) is 8.12. The van der Waals surface area contributed by atoms with Crippen LogP contribution in [0.4, 0.5) is 5.69 Å². The third-order valence-electron chi connectivity index (χ3n) is 5.27. The zero-order valence-corrected chi connectivity index (χ0v) is 19.2. The van der Waals surface area contributed by atoms with Crippen LogP contribution in [-0.4, -0.2) is 16.7 Å². The van der Waals surface area contributed by atoms with Crippen molar-refractivity contribution < 1.29 is 14.5 Å². The Kier molecular flexibility index (Phi) is 8.29. The first-order chi connectivity index (χ1) is 16.3. The number of hydrogen-bond acceptors (Lipinski definition) is 4. The summed E-state index contributed by atoms with van der Waals surface area (Å²) in [5.41, 5.74) is 2.59. The van der Waals surface area contributed by atoms with E-state index >= 15 is 0 Å². The summed E-state index contributed by atoms with van der Waals surface area (Å²) in [6.07, 6.45) is 1.39. The molecule has 7 heteroatoms. The molecule has 3 aromatic carbocycles. The lowest BCUT2D eigenvalue weighted by Crippen LogP contribution is -2.34. The van der Waals surface area contributed by atoms with Gasteiger partial charge in [0.15, 0.2) is 0 Å². The molecule has 0 aliphatic rings. The molecule has 0 aromatic heterocycles. The number of nitrogens with one attached hydrogen (secondary N) is 2. The van der Waals surface area contributed by atoms with E-state index < -0.39 is 16.7 Å². The largest absolute Gasteiger partial charge is 0.348 e. The second-order valence-electron chi connectivity index (χ2n) is 8.12. The van der Waals surface area contributed by atoms with E-state index in [-0.39, 0.29) is 30.3 Å². The van der Waals surface area contributed by atoms with Crippen LogP contribution in [0.2, 0.25) is 0 Å². The molecule has 0 atom stereocenters. The smallest absolute Gasteiger partial charge is 0.273 e. The summed E-state index contributed by atoms with van der Waals surface area (Å²) in [5.74, 6) is -1.17. The van der Waals surface area contributed by atoms with Crippen molar-refractivity contribution in [2.45, 2.75) is 32.9 Å². The number of hydrogen-bond donors (Lipinski definition) is 2. The van der Waals surface area contributed by atoms with Crippen LogP contribution < -0.4 is 10.6 Å². The normalized spacial score (nSPS) is 10.4. The van der Waals surface area contributed by atoms with Crippen molar-refractivity contribution >= 4 is 23.6 Å². The number of carbonyl (C=O) groups is 2. The van der Waals surface area contributed by atoms with Crippen LogP contribution in [0, 0.1) is 10.1 Å². The highest BCUT2D eigenvalue weighted by atomic mass is 16.6. The van der Waals surface area contributed by atoms with Crippen LogP contribution in [0.15, 0.2) is 84.4 Å². The minimum atomic E-state index is -0.565. The Morgan fingerprint density at radius 1 is 0.853 bits per heavy atom. The molecule has 2 amide bonds. The molecule has 3 rings (SSSR count). The zero-order chi connectivity index (χ0) is 24.5. The summed E-state index contributed by atoms with van der Waals surface area (Å²) in [6, 6.07) is 23.4. The third-order valence-corrected chi connectivity index (χ3v) is 5.27. The van der Waals surface area contributed by atoms with Gasteiger partial charge < -0.3 is 10.6 Å². The SMILES string of the molecule is CC(C)c1ccc(C=C(C(=O)NCc2ccccc2)C(=O)NCc2ccccc2)cc1[N+](=O)[O-]. The molecule has 0 aliphatic heterocycles. The Bertz CT molecular complexity index is 1130. The molecule has 34 heavy (non-hydrogen) atoms. The summed E-state index contributed by atoms with van der Waals surface area (Å²) in [4.78, 5) is 37.1. The Balaban J connectivity index is 1.89. The first-order valence-electron chi connectivity index (χ1n) is 11.0. The van der Waals surface area contributed by atoms with E-state index in [4.69, 9.17) is 0 Å². The number of nitrogens with zero attached hydrogens (tertiary/aromatic N) is 1. The predicted octanol–water partition coefficient (Wildman–Crippen LogP) is 4.73. The number of benzene rings is 3. The maximum Gasteiger partial charge on any atom is 0.273 e. The number of nitro benzene ring substituents is 1. The number of amides is 2. The fourth-order valence-electron chi connectivity index (χ4n) is 3.44. The Morgan fingerprint density at radius 2 is 1.35 bits per heavy atom. The Hall–Kier alpha value is -4.26. The van der Waals surface area contributed by atoms with Gasteiger partial charge in [-0.3, -0.25) is 19.7 Å². The highest BCUT2D eigenvalue weighted by Crippen LogP contribution is 2.28.